The molecule has 3 rings (SSSR count). The van der Waals surface area contributed by atoms with Crippen LogP contribution in [0.15, 0.2) is 36.5 Å². The van der Waals surface area contributed by atoms with E-state index in [9.17, 15) is 4.79 Å². The Morgan fingerprint density at radius 3 is 2.46 bits per heavy atom. The zero-order valence-corrected chi connectivity index (χ0v) is 14.4. The number of methoxy groups -OCH3 is 2. The lowest BCUT2D eigenvalue weighted by Gasteiger charge is -2.38. The number of hydrogen-bond acceptors (Lipinski definition) is 6. The Morgan fingerprint density at radius 2 is 1.92 bits per heavy atom. The minimum atomic E-state index is -0.229. The molecular weight excluding hydrogens is 336 g/mol. The third-order valence-electron chi connectivity index (χ3n) is 3.89. The van der Waals surface area contributed by atoms with Crippen molar-refractivity contribution in [3.8, 4) is 23.4 Å². The molecule has 1 fully saturated rings. The number of nitriles is 1. The van der Waals surface area contributed by atoms with Gasteiger partial charge in [0.25, 0.3) is 0 Å². The smallest absolute Gasteiger partial charge is 0.322 e. The summed E-state index contributed by atoms with van der Waals surface area (Å²) in [4.78, 5) is 18.0. The average molecular weight is 354 g/mol. The van der Waals surface area contributed by atoms with E-state index in [1.807, 2.05) is 6.07 Å². The van der Waals surface area contributed by atoms with Gasteiger partial charge in [0.1, 0.15) is 23.7 Å². The number of anilines is 1. The molecule has 0 aliphatic carbocycles. The average Bonchev–Trinajstić information content (AvgIpc) is 2.64. The van der Waals surface area contributed by atoms with E-state index in [4.69, 9.17) is 19.5 Å². The number of pyridine rings is 1. The fourth-order valence-corrected chi connectivity index (χ4v) is 2.45. The number of amides is 2. The number of hydrogen-bond donors (Lipinski definition) is 1. The highest BCUT2D eigenvalue weighted by Crippen LogP contribution is 2.26. The predicted octanol–water partition coefficient (Wildman–Crippen LogP) is 2.27. The van der Waals surface area contributed by atoms with Crippen LogP contribution in [0, 0.1) is 11.3 Å². The molecule has 8 heteroatoms. The maximum absolute atomic E-state index is 12.3. The van der Waals surface area contributed by atoms with Gasteiger partial charge in [-0.1, -0.05) is 0 Å². The van der Waals surface area contributed by atoms with Crippen LogP contribution in [-0.4, -0.2) is 49.3 Å². The molecule has 1 N–H and O–H groups in total. The van der Waals surface area contributed by atoms with E-state index in [1.165, 1.54) is 6.20 Å². The highest BCUT2D eigenvalue weighted by molar-refractivity contribution is 5.90. The van der Waals surface area contributed by atoms with Crippen LogP contribution in [0.5, 0.6) is 17.4 Å². The van der Waals surface area contributed by atoms with Crippen LogP contribution < -0.4 is 19.5 Å². The number of carbonyl (C=O) groups excluding carboxylic acids is 1. The summed E-state index contributed by atoms with van der Waals surface area (Å²) >= 11 is 0. The van der Waals surface area contributed by atoms with E-state index in [1.54, 1.807) is 49.5 Å². The lowest BCUT2D eigenvalue weighted by atomic mass is 10.2. The minimum Gasteiger partial charge on any atom is -0.497 e. The van der Waals surface area contributed by atoms with Crippen molar-refractivity contribution in [2.45, 2.75) is 6.10 Å². The number of rotatable bonds is 5. The fourth-order valence-electron chi connectivity index (χ4n) is 2.45. The molecule has 1 aliphatic rings. The summed E-state index contributed by atoms with van der Waals surface area (Å²) in [6, 6.07) is 10.2. The largest absolute Gasteiger partial charge is 0.497 e. The van der Waals surface area contributed by atoms with Crippen molar-refractivity contribution in [3.63, 3.8) is 0 Å². The van der Waals surface area contributed by atoms with E-state index in [0.29, 0.717) is 41.7 Å². The van der Waals surface area contributed by atoms with Crippen LogP contribution in [0.4, 0.5) is 10.5 Å². The van der Waals surface area contributed by atoms with E-state index in [0.717, 1.165) is 0 Å². The molecular formula is C18H18N4O4. The maximum Gasteiger partial charge on any atom is 0.322 e. The summed E-state index contributed by atoms with van der Waals surface area (Å²) in [5, 5.41) is 11.6. The van der Waals surface area contributed by atoms with Crippen molar-refractivity contribution in [3.05, 3.63) is 42.1 Å². The molecule has 0 saturated carbocycles. The van der Waals surface area contributed by atoms with Crippen LogP contribution >= 0.6 is 0 Å². The highest BCUT2D eigenvalue weighted by Gasteiger charge is 2.32. The van der Waals surface area contributed by atoms with Crippen molar-refractivity contribution < 1.29 is 19.0 Å². The van der Waals surface area contributed by atoms with Crippen molar-refractivity contribution in [2.75, 3.05) is 32.6 Å². The van der Waals surface area contributed by atoms with Gasteiger partial charge in [0.15, 0.2) is 0 Å². The number of benzene rings is 1. The van der Waals surface area contributed by atoms with Gasteiger partial charge in [-0.2, -0.15) is 5.26 Å². The molecule has 1 aliphatic heterocycles. The van der Waals surface area contributed by atoms with Gasteiger partial charge in [0.05, 0.1) is 32.9 Å². The number of nitrogens with zero attached hydrogens (tertiary/aromatic N) is 3. The first-order valence-electron chi connectivity index (χ1n) is 7.93. The monoisotopic (exact) mass is 354 g/mol. The quantitative estimate of drug-likeness (QED) is 0.885. The Morgan fingerprint density at radius 1 is 1.23 bits per heavy atom. The second-order valence-electron chi connectivity index (χ2n) is 5.67. The van der Waals surface area contributed by atoms with Crippen molar-refractivity contribution in [1.29, 1.82) is 5.26 Å². The molecule has 0 radical (unpaired) electrons. The standard InChI is InChI=1S/C18H18N4O4/c1-24-14-5-13(6-15(7-14)25-2)21-18(23)22-10-16(11-22)26-17-4-3-12(8-19)9-20-17/h3-7,9,16H,10-11H2,1-2H3,(H,21,23). The van der Waals surface area contributed by atoms with E-state index in [-0.39, 0.29) is 12.1 Å². The van der Waals surface area contributed by atoms with Gasteiger partial charge in [-0.3, -0.25) is 0 Å². The third kappa shape index (κ3) is 3.95. The summed E-state index contributed by atoms with van der Waals surface area (Å²) in [6.45, 7) is 0.906. The summed E-state index contributed by atoms with van der Waals surface area (Å²) in [5.74, 6) is 1.62. The first-order valence-corrected chi connectivity index (χ1v) is 7.93. The molecule has 0 bridgehead atoms. The van der Waals surface area contributed by atoms with Crippen LogP contribution in [0.3, 0.4) is 0 Å². The van der Waals surface area contributed by atoms with Crippen LogP contribution in [-0.2, 0) is 0 Å². The zero-order valence-electron chi connectivity index (χ0n) is 14.4. The molecule has 1 aromatic carbocycles. The molecule has 2 aromatic rings. The molecule has 2 amide bonds. The summed E-state index contributed by atoms with van der Waals surface area (Å²) < 4.78 is 16.0. The van der Waals surface area contributed by atoms with E-state index in [2.05, 4.69) is 10.3 Å². The van der Waals surface area contributed by atoms with Gasteiger partial charge in [0.2, 0.25) is 5.88 Å². The van der Waals surface area contributed by atoms with Gasteiger partial charge >= 0.3 is 6.03 Å². The number of likely N-dealkylation sites (tertiary alicyclic amines) is 1. The Balaban J connectivity index is 1.52. The summed E-state index contributed by atoms with van der Waals surface area (Å²) in [7, 11) is 3.10. The topological polar surface area (TPSA) is 96.7 Å². The van der Waals surface area contributed by atoms with Gasteiger partial charge in [0, 0.05) is 36.1 Å². The van der Waals surface area contributed by atoms with Gasteiger partial charge < -0.3 is 24.4 Å². The number of urea groups is 1. The van der Waals surface area contributed by atoms with Crippen molar-refractivity contribution >= 4 is 11.7 Å². The number of ether oxygens (including phenoxy) is 3. The number of carbonyl (C=O) groups is 1. The van der Waals surface area contributed by atoms with Crippen LogP contribution in [0.25, 0.3) is 0 Å². The maximum atomic E-state index is 12.3. The van der Waals surface area contributed by atoms with Crippen LogP contribution in [0.1, 0.15) is 5.56 Å². The lowest BCUT2D eigenvalue weighted by Crippen LogP contribution is -2.57. The summed E-state index contributed by atoms with van der Waals surface area (Å²) in [5.41, 5.74) is 1.06. The number of nitrogens with one attached hydrogen (secondary N) is 1. The van der Waals surface area contributed by atoms with Gasteiger partial charge in [-0.15, -0.1) is 0 Å². The Hall–Kier alpha value is -3.47. The molecule has 0 unspecified atom stereocenters. The first-order chi connectivity index (χ1) is 12.6. The minimum absolute atomic E-state index is 0.124. The molecule has 0 spiro atoms. The first kappa shape index (κ1) is 17.4. The molecule has 1 saturated heterocycles. The van der Waals surface area contributed by atoms with Crippen molar-refractivity contribution in [2.24, 2.45) is 0 Å². The van der Waals surface area contributed by atoms with Crippen LogP contribution in [0.2, 0.25) is 0 Å². The van der Waals surface area contributed by atoms with Gasteiger partial charge in [-0.25, -0.2) is 9.78 Å². The summed E-state index contributed by atoms with van der Waals surface area (Å²) in [6.07, 6.45) is 1.33. The van der Waals surface area contributed by atoms with E-state index < -0.39 is 0 Å². The highest BCUT2D eigenvalue weighted by atomic mass is 16.5. The Labute approximate surface area is 150 Å². The molecule has 26 heavy (non-hydrogen) atoms. The second kappa shape index (κ2) is 7.61. The Bertz CT molecular complexity index is 804. The molecule has 1 aromatic heterocycles. The second-order valence-corrected chi connectivity index (χ2v) is 5.67. The molecule has 8 nitrogen and oxygen atoms in total. The SMILES string of the molecule is COc1cc(NC(=O)N2CC(Oc3ccc(C#N)cn3)C2)cc(OC)c1. The molecule has 134 valence electrons. The zero-order chi connectivity index (χ0) is 18.5. The number of aromatic nitrogens is 1. The van der Waals surface area contributed by atoms with Crippen molar-refractivity contribution in [1.82, 2.24) is 9.88 Å². The Kier molecular flexibility index (Phi) is 5.08. The molecule has 0 atom stereocenters. The molecule has 2 heterocycles. The predicted molar refractivity (Wildman–Crippen MR) is 93.5 cm³/mol. The lowest BCUT2D eigenvalue weighted by molar-refractivity contribution is 0.0461. The third-order valence-corrected chi connectivity index (χ3v) is 3.89. The van der Waals surface area contributed by atoms with Gasteiger partial charge in [-0.05, 0) is 6.07 Å². The fraction of sp³-hybridized carbons (Fsp3) is 0.278. The van der Waals surface area contributed by atoms with E-state index >= 15 is 0 Å². The normalized spacial score (nSPS) is 13.3.